The van der Waals surface area contributed by atoms with Crippen LogP contribution in [0.1, 0.15) is 0 Å². The predicted octanol–water partition coefficient (Wildman–Crippen LogP) is 4.69. The minimum absolute atomic E-state index is 0.220. The van der Waals surface area contributed by atoms with Crippen molar-refractivity contribution in [1.82, 2.24) is 4.98 Å². The average Bonchev–Trinajstić information content (AvgIpc) is 2.83. The van der Waals surface area contributed by atoms with Gasteiger partial charge in [-0.2, -0.15) is 0 Å². The second-order valence-corrected chi connectivity index (χ2v) is 5.23. The lowest BCUT2D eigenvalue weighted by atomic mass is 10.2. The number of fused-ring (bicyclic) bond motifs is 1. The first kappa shape index (κ1) is 9.87. The Balaban J connectivity index is 2.18. The third-order valence-electron chi connectivity index (χ3n) is 2.42. The first-order valence-corrected chi connectivity index (χ1v) is 5.96. The van der Waals surface area contributed by atoms with Gasteiger partial charge in [-0.3, -0.25) is 0 Å². The summed E-state index contributed by atoms with van der Waals surface area (Å²) in [5, 5.41) is 0.875. The minimum Gasteiger partial charge on any atom is -0.354 e. The first-order chi connectivity index (χ1) is 7.72. The van der Waals surface area contributed by atoms with Crippen molar-refractivity contribution in [3.8, 4) is 10.6 Å². The summed E-state index contributed by atoms with van der Waals surface area (Å²) in [4.78, 5) is 4.29. The van der Waals surface area contributed by atoms with Crippen LogP contribution in [-0.2, 0) is 0 Å². The number of halogens is 2. The van der Waals surface area contributed by atoms with E-state index in [-0.39, 0.29) is 5.82 Å². The molecular weight excluding hydrogens is 245 g/mol. The molecule has 2 aromatic heterocycles. The quantitative estimate of drug-likeness (QED) is 0.646. The number of benzene rings is 1. The summed E-state index contributed by atoms with van der Waals surface area (Å²) in [6, 6.07) is 10.4. The summed E-state index contributed by atoms with van der Waals surface area (Å²) in [6.45, 7) is 0. The summed E-state index contributed by atoms with van der Waals surface area (Å²) in [6.07, 6.45) is 0. The highest BCUT2D eigenvalue weighted by molar-refractivity contribution is 7.19. The third kappa shape index (κ3) is 1.62. The van der Waals surface area contributed by atoms with Gasteiger partial charge in [-0.15, -0.1) is 11.3 Å². The molecule has 0 aliphatic carbocycles. The molecule has 1 nitrogen and oxygen atoms in total. The second kappa shape index (κ2) is 3.61. The number of hydrogen-bond donors (Lipinski definition) is 1. The van der Waals surface area contributed by atoms with Crippen LogP contribution in [0.4, 0.5) is 4.39 Å². The first-order valence-electron chi connectivity index (χ1n) is 4.76. The third-order valence-corrected chi connectivity index (χ3v) is 3.69. The van der Waals surface area contributed by atoms with Crippen LogP contribution in [0.25, 0.3) is 21.5 Å². The zero-order valence-electron chi connectivity index (χ0n) is 8.13. The van der Waals surface area contributed by atoms with E-state index >= 15 is 0 Å². The summed E-state index contributed by atoms with van der Waals surface area (Å²) < 4.78 is 13.8. The molecule has 4 heteroatoms. The molecule has 0 aliphatic heterocycles. The van der Waals surface area contributed by atoms with Gasteiger partial charge in [-0.25, -0.2) is 4.39 Å². The highest BCUT2D eigenvalue weighted by Gasteiger charge is 2.06. The molecule has 16 heavy (non-hydrogen) atoms. The summed E-state index contributed by atoms with van der Waals surface area (Å²) >= 11 is 7.38. The Hall–Kier alpha value is -1.32. The number of thiophene rings is 1. The molecule has 0 bridgehead atoms. The molecule has 0 amide bonds. The van der Waals surface area contributed by atoms with Crippen LogP contribution < -0.4 is 0 Å². The van der Waals surface area contributed by atoms with Gasteiger partial charge < -0.3 is 4.98 Å². The molecule has 0 unspecified atom stereocenters. The van der Waals surface area contributed by atoms with E-state index in [0.717, 1.165) is 25.8 Å². The average molecular weight is 252 g/mol. The maximum atomic E-state index is 13.0. The van der Waals surface area contributed by atoms with E-state index in [0.29, 0.717) is 0 Å². The largest absolute Gasteiger partial charge is 0.354 e. The Morgan fingerprint density at radius 1 is 1.12 bits per heavy atom. The van der Waals surface area contributed by atoms with Crippen LogP contribution in [0, 0.1) is 5.82 Å². The van der Waals surface area contributed by atoms with Crippen LogP contribution in [0.3, 0.4) is 0 Å². The van der Waals surface area contributed by atoms with Gasteiger partial charge in [-0.05, 0) is 36.4 Å². The van der Waals surface area contributed by atoms with E-state index in [9.17, 15) is 4.39 Å². The van der Waals surface area contributed by atoms with Crippen LogP contribution in [-0.4, -0.2) is 4.98 Å². The van der Waals surface area contributed by atoms with Gasteiger partial charge in [0, 0.05) is 10.9 Å². The maximum Gasteiger partial charge on any atom is 0.123 e. The molecule has 0 aliphatic rings. The summed E-state index contributed by atoms with van der Waals surface area (Å²) in [7, 11) is 0. The van der Waals surface area contributed by atoms with Crippen molar-refractivity contribution < 1.29 is 4.39 Å². The Kier molecular flexibility index (Phi) is 2.23. The van der Waals surface area contributed by atoms with Gasteiger partial charge in [0.1, 0.15) is 5.82 Å². The molecule has 3 rings (SSSR count). The van der Waals surface area contributed by atoms with Crippen molar-refractivity contribution in [2.24, 2.45) is 0 Å². The van der Waals surface area contributed by atoms with Crippen LogP contribution in [0.15, 0.2) is 36.4 Å². The Morgan fingerprint density at radius 3 is 2.75 bits per heavy atom. The molecule has 3 aromatic rings. The van der Waals surface area contributed by atoms with E-state index < -0.39 is 0 Å². The standard InChI is InChI=1S/C12H7ClFNS/c13-12-4-3-11(16-12)10-6-7-5-8(14)1-2-9(7)15-10/h1-6,15H. The lowest BCUT2D eigenvalue weighted by Gasteiger charge is -1.89. The Morgan fingerprint density at radius 2 is 2.00 bits per heavy atom. The smallest absolute Gasteiger partial charge is 0.123 e. The van der Waals surface area contributed by atoms with Gasteiger partial charge in [0.2, 0.25) is 0 Å². The van der Waals surface area contributed by atoms with E-state index in [4.69, 9.17) is 11.6 Å². The maximum absolute atomic E-state index is 13.0. The predicted molar refractivity (Wildman–Crippen MR) is 66.6 cm³/mol. The lowest BCUT2D eigenvalue weighted by Crippen LogP contribution is -1.71. The number of aromatic amines is 1. The minimum atomic E-state index is -0.220. The molecule has 2 heterocycles. The monoisotopic (exact) mass is 251 g/mol. The molecular formula is C12H7ClFNS. The van der Waals surface area contributed by atoms with Crippen molar-refractivity contribution in [2.45, 2.75) is 0 Å². The van der Waals surface area contributed by atoms with Crippen molar-refractivity contribution >= 4 is 33.8 Å². The van der Waals surface area contributed by atoms with Gasteiger partial charge >= 0.3 is 0 Å². The molecule has 1 N–H and O–H groups in total. The zero-order chi connectivity index (χ0) is 11.1. The molecule has 0 atom stereocenters. The highest BCUT2D eigenvalue weighted by atomic mass is 35.5. The van der Waals surface area contributed by atoms with Crippen LogP contribution in [0.5, 0.6) is 0 Å². The molecule has 0 saturated heterocycles. The van der Waals surface area contributed by atoms with Gasteiger partial charge in [0.25, 0.3) is 0 Å². The topological polar surface area (TPSA) is 15.8 Å². The number of nitrogens with one attached hydrogen (secondary N) is 1. The molecule has 1 aromatic carbocycles. The van der Waals surface area contributed by atoms with Crippen LogP contribution in [0.2, 0.25) is 4.34 Å². The van der Waals surface area contributed by atoms with Crippen molar-refractivity contribution in [2.75, 3.05) is 0 Å². The Labute approximate surface area is 100 Å². The number of hydrogen-bond acceptors (Lipinski definition) is 1. The Bertz CT molecular complexity index is 656. The normalized spacial score (nSPS) is 11.1. The van der Waals surface area contributed by atoms with E-state index in [1.807, 2.05) is 18.2 Å². The SMILES string of the molecule is Fc1ccc2[nH]c(-c3ccc(Cl)s3)cc2c1. The van der Waals surface area contributed by atoms with E-state index in [2.05, 4.69) is 4.98 Å². The van der Waals surface area contributed by atoms with Crippen molar-refractivity contribution in [3.63, 3.8) is 0 Å². The molecule has 80 valence electrons. The highest BCUT2D eigenvalue weighted by Crippen LogP contribution is 2.32. The molecule has 0 radical (unpaired) electrons. The second-order valence-electron chi connectivity index (χ2n) is 3.52. The van der Waals surface area contributed by atoms with Crippen molar-refractivity contribution in [1.29, 1.82) is 0 Å². The number of aromatic nitrogens is 1. The molecule has 0 saturated carbocycles. The van der Waals surface area contributed by atoms with Gasteiger partial charge in [0.15, 0.2) is 0 Å². The van der Waals surface area contributed by atoms with Crippen molar-refractivity contribution in [3.05, 3.63) is 46.6 Å². The number of H-pyrrole nitrogens is 1. The molecule has 0 fully saturated rings. The van der Waals surface area contributed by atoms with E-state index in [1.165, 1.54) is 23.5 Å². The zero-order valence-corrected chi connectivity index (χ0v) is 9.70. The van der Waals surface area contributed by atoms with Gasteiger partial charge in [0.05, 0.1) is 14.9 Å². The number of rotatable bonds is 1. The summed E-state index contributed by atoms with van der Waals surface area (Å²) in [5.41, 5.74) is 1.90. The fourth-order valence-corrected chi connectivity index (χ4v) is 2.71. The summed E-state index contributed by atoms with van der Waals surface area (Å²) in [5.74, 6) is -0.220. The van der Waals surface area contributed by atoms with Gasteiger partial charge in [-0.1, -0.05) is 11.6 Å². The molecule has 0 spiro atoms. The van der Waals surface area contributed by atoms with Crippen LogP contribution >= 0.6 is 22.9 Å². The fourth-order valence-electron chi connectivity index (χ4n) is 1.70. The van der Waals surface area contributed by atoms with E-state index in [1.54, 1.807) is 6.07 Å². The fraction of sp³-hybridized carbons (Fsp3) is 0. The lowest BCUT2D eigenvalue weighted by molar-refractivity contribution is 0.630.